The smallest absolute Gasteiger partial charge is 0.317 e. The van der Waals surface area contributed by atoms with Gasteiger partial charge in [0.1, 0.15) is 18.2 Å². The van der Waals surface area contributed by atoms with Gasteiger partial charge in [-0.25, -0.2) is 9.18 Å². The Balaban J connectivity index is 1.73. The third-order valence-corrected chi connectivity index (χ3v) is 3.35. The molecule has 0 radical (unpaired) electrons. The zero-order valence-corrected chi connectivity index (χ0v) is 13.2. The van der Waals surface area contributed by atoms with E-state index >= 15 is 0 Å². The Morgan fingerprint density at radius 2 is 1.83 bits per heavy atom. The highest BCUT2D eigenvalue weighted by Crippen LogP contribution is 2.10. The third-order valence-electron chi connectivity index (χ3n) is 3.35. The highest BCUT2D eigenvalue weighted by molar-refractivity contribution is 5.74. The Morgan fingerprint density at radius 1 is 1.13 bits per heavy atom. The first-order valence-corrected chi connectivity index (χ1v) is 7.64. The Morgan fingerprint density at radius 3 is 2.48 bits per heavy atom. The van der Waals surface area contributed by atoms with Crippen LogP contribution in [0, 0.1) is 5.82 Å². The highest BCUT2D eigenvalue weighted by Gasteiger charge is 2.11. The van der Waals surface area contributed by atoms with Crippen molar-refractivity contribution in [2.24, 2.45) is 0 Å². The number of rotatable bonds is 7. The molecule has 2 aromatic carbocycles. The lowest BCUT2D eigenvalue weighted by atomic mass is 10.2. The molecule has 0 aliphatic rings. The number of nitrogens with one attached hydrogen (secondary N) is 1. The quantitative estimate of drug-likeness (QED) is 0.795. The van der Waals surface area contributed by atoms with E-state index in [1.807, 2.05) is 37.3 Å². The van der Waals surface area contributed by atoms with Crippen molar-refractivity contribution in [1.29, 1.82) is 0 Å². The first-order chi connectivity index (χ1) is 11.2. The van der Waals surface area contributed by atoms with Gasteiger partial charge in [-0.15, -0.1) is 0 Å². The fourth-order valence-electron chi connectivity index (χ4n) is 2.10. The summed E-state index contributed by atoms with van der Waals surface area (Å²) in [5.74, 6) is 0.280. The molecule has 0 atom stereocenters. The van der Waals surface area contributed by atoms with E-state index in [4.69, 9.17) is 4.74 Å². The molecule has 0 aromatic heterocycles. The third kappa shape index (κ3) is 5.62. The maximum atomic E-state index is 12.8. The predicted molar refractivity (Wildman–Crippen MR) is 87.8 cm³/mol. The molecule has 0 saturated carbocycles. The van der Waals surface area contributed by atoms with Gasteiger partial charge in [-0.05, 0) is 36.8 Å². The topological polar surface area (TPSA) is 41.6 Å². The predicted octanol–water partition coefficient (Wildman–Crippen LogP) is 3.44. The van der Waals surface area contributed by atoms with Crippen LogP contribution in [0.25, 0.3) is 0 Å². The molecule has 122 valence electrons. The van der Waals surface area contributed by atoms with Crippen molar-refractivity contribution in [2.75, 3.05) is 19.7 Å². The summed E-state index contributed by atoms with van der Waals surface area (Å²) < 4.78 is 18.2. The summed E-state index contributed by atoms with van der Waals surface area (Å²) in [6.07, 6.45) is 0. The zero-order valence-electron chi connectivity index (χ0n) is 13.2. The van der Waals surface area contributed by atoms with Crippen molar-refractivity contribution in [1.82, 2.24) is 10.2 Å². The van der Waals surface area contributed by atoms with Crippen LogP contribution < -0.4 is 10.1 Å². The average molecular weight is 316 g/mol. The number of carbonyl (C=O) groups is 1. The fourth-order valence-corrected chi connectivity index (χ4v) is 2.10. The maximum absolute atomic E-state index is 12.8. The number of ether oxygens (including phenoxy) is 1. The van der Waals surface area contributed by atoms with Gasteiger partial charge in [-0.2, -0.15) is 0 Å². The van der Waals surface area contributed by atoms with Crippen LogP contribution >= 0.6 is 0 Å². The number of amides is 2. The SMILES string of the molecule is CCN(Cc1ccccc1)C(=O)NCCOc1ccc(F)cc1. The lowest BCUT2D eigenvalue weighted by Crippen LogP contribution is -2.40. The van der Waals surface area contributed by atoms with Gasteiger partial charge in [0.25, 0.3) is 0 Å². The lowest BCUT2D eigenvalue weighted by molar-refractivity contribution is 0.195. The van der Waals surface area contributed by atoms with E-state index in [1.165, 1.54) is 12.1 Å². The zero-order chi connectivity index (χ0) is 16.5. The van der Waals surface area contributed by atoms with E-state index in [0.29, 0.717) is 32.0 Å². The minimum absolute atomic E-state index is 0.126. The first-order valence-electron chi connectivity index (χ1n) is 7.64. The molecule has 2 amide bonds. The molecule has 0 aliphatic carbocycles. The van der Waals surface area contributed by atoms with E-state index in [0.717, 1.165) is 5.56 Å². The number of urea groups is 1. The minimum Gasteiger partial charge on any atom is -0.492 e. The summed E-state index contributed by atoms with van der Waals surface area (Å²) in [7, 11) is 0. The molecule has 0 fully saturated rings. The molecule has 1 N–H and O–H groups in total. The van der Waals surface area contributed by atoms with Gasteiger partial charge >= 0.3 is 6.03 Å². The summed E-state index contributed by atoms with van der Waals surface area (Å²) >= 11 is 0. The van der Waals surface area contributed by atoms with Crippen LogP contribution in [0.4, 0.5) is 9.18 Å². The molecule has 0 aliphatic heterocycles. The van der Waals surface area contributed by atoms with Crippen LogP contribution in [-0.2, 0) is 6.54 Å². The molecular weight excluding hydrogens is 295 g/mol. The second-order valence-electron chi connectivity index (χ2n) is 5.03. The largest absolute Gasteiger partial charge is 0.492 e. The van der Waals surface area contributed by atoms with Crippen LogP contribution in [-0.4, -0.2) is 30.6 Å². The molecule has 0 saturated heterocycles. The Kier molecular flexibility index (Phi) is 6.41. The summed E-state index contributed by atoms with van der Waals surface area (Å²) in [6, 6.07) is 15.5. The normalized spacial score (nSPS) is 10.2. The summed E-state index contributed by atoms with van der Waals surface area (Å²) in [6.45, 7) is 3.86. The number of hydrogen-bond donors (Lipinski definition) is 1. The summed E-state index contributed by atoms with van der Waals surface area (Å²) in [5.41, 5.74) is 1.09. The van der Waals surface area contributed by atoms with Crippen LogP contribution in [0.5, 0.6) is 5.75 Å². The van der Waals surface area contributed by atoms with Gasteiger partial charge in [0.15, 0.2) is 0 Å². The number of hydrogen-bond acceptors (Lipinski definition) is 2. The number of halogens is 1. The van der Waals surface area contributed by atoms with Crippen LogP contribution in [0.1, 0.15) is 12.5 Å². The average Bonchev–Trinajstić information content (AvgIpc) is 2.59. The minimum atomic E-state index is -0.301. The molecule has 0 unspecified atom stereocenters. The Labute approximate surface area is 135 Å². The van der Waals surface area contributed by atoms with Gasteiger partial charge in [-0.3, -0.25) is 0 Å². The molecule has 0 spiro atoms. The molecule has 23 heavy (non-hydrogen) atoms. The molecule has 0 bridgehead atoms. The van der Waals surface area contributed by atoms with Crippen molar-refractivity contribution in [2.45, 2.75) is 13.5 Å². The van der Waals surface area contributed by atoms with Crippen LogP contribution in [0.2, 0.25) is 0 Å². The lowest BCUT2D eigenvalue weighted by Gasteiger charge is -2.21. The Hall–Kier alpha value is -2.56. The molecule has 4 nitrogen and oxygen atoms in total. The van der Waals surface area contributed by atoms with Crippen molar-refractivity contribution < 1.29 is 13.9 Å². The second kappa shape index (κ2) is 8.78. The number of nitrogens with zero attached hydrogens (tertiary/aromatic N) is 1. The van der Waals surface area contributed by atoms with Gasteiger partial charge in [0.05, 0.1) is 6.54 Å². The molecule has 2 rings (SSSR count). The Bertz CT molecular complexity index is 602. The maximum Gasteiger partial charge on any atom is 0.317 e. The second-order valence-corrected chi connectivity index (χ2v) is 5.03. The highest BCUT2D eigenvalue weighted by atomic mass is 19.1. The molecule has 0 heterocycles. The van der Waals surface area contributed by atoms with Crippen LogP contribution in [0.15, 0.2) is 54.6 Å². The summed E-state index contributed by atoms with van der Waals surface area (Å²) in [4.78, 5) is 13.9. The number of carbonyl (C=O) groups excluding carboxylic acids is 1. The van der Waals surface area contributed by atoms with E-state index < -0.39 is 0 Å². The van der Waals surface area contributed by atoms with Crippen LogP contribution in [0.3, 0.4) is 0 Å². The molecular formula is C18H21FN2O2. The van der Waals surface area contributed by atoms with E-state index in [1.54, 1.807) is 17.0 Å². The van der Waals surface area contributed by atoms with Crippen molar-refractivity contribution in [3.63, 3.8) is 0 Å². The monoisotopic (exact) mass is 316 g/mol. The van der Waals surface area contributed by atoms with Gasteiger partial charge in [0.2, 0.25) is 0 Å². The standard InChI is InChI=1S/C18H21FN2O2/c1-2-21(14-15-6-4-3-5-7-15)18(22)20-12-13-23-17-10-8-16(19)9-11-17/h3-11H,2,12-14H2,1H3,(H,20,22). The fraction of sp³-hybridized carbons (Fsp3) is 0.278. The first kappa shape index (κ1) is 16.8. The van der Waals surface area contributed by atoms with Crippen molar-refractivity contribution in [3.8, 4) is 5.75 Å². The van der Waals surface area contributed by atoms with Gasteiger partial charge < -0.3 is 15.0 Å². The van der Waals surface area contributed by atoms with Gasteiger partial charge in [0, 0.05) is 13.1 Å². The molecule has 5 heteroatoms. The van der Waals surface area contributed by atoms with Gasteiger partial charge in [-0.1, -0.05) is 30.3 Å². The van der Waals surface area contributed by atoms with E-state index in [-0.39, 0.29) is 11.8 Å². The van der Waals surface area contributed by atoms with E-state index in [2.05, 4.69) is 5.32 Å². The van der Waals surface area contributed by atoms with Crippen molar-refractivity contribution in [3.05, 3.63) is 66.0 Å². The molecule has 2 aromatic rings. The number of benzene rings is 2. The summed E-state index contributed by atoms with van der Waals surface area (Å²) in [5, 5.41) is 2.82. The van der Waals surface area contributed by atoms with Crippen molar-refractivity contribution >= 4 is 6.03 Å². The van der Waals surface area contributed by atoms with E-state index in [9.17, 15) is 9.18 Å².